The second-order valence-electron chi connectivity index (χ2n) is 13.0. The fourth-order valence-electron chi connectivity index (χ4n) is 5.65. The highest BCUT2D eigenvalue weighted by molar-refractivity contribution is 6.99. The molecule has 43 heavy (non-hydrogen) atoms. The van der Waals surface area contributed by atoms with Gasteiger partial charge in [-0.2, -0.15) is 0 Å². The molecule has 1 heterocycles. The fraction of sp³-hybridized carbons (Fsp3) is 0.412. The van der Waals surface area contributed by atoms with E-state index in [0.717, 1.165) is 15.9 Å². The lowest BCUT2D eigenvalue weighted by molar-refractivity contribution is 0.00757. The first kappa shape index (κ1) is 32.3. The van der Waals surface area contributed by atoms with Crippen molar-refractivity contribution in [1.29, 1.82) is 0 Å². The van der Waals surface area contributed by atoms with Crippen LogP contribution in [0.25, 0.3) is 0 Å². The molecule has 0 saturated carbocycles. The van der Waals surface area contributed by atoms with Crippen LogP contribution in [-0.2, 0) is 20.5 Å². The van der Waals surface area contributed by atoms with Crippen molar-refractivity contribution in [3.63, 3.8) is 0 Å². The molecule has 2 N–H and O–H groups in total. The van der Waals surface area contributed by atoms with E-state index in [9.17, 15) is 14.7 Å². The summed E-state index contributed by atoms with van der Waals surface area (Å²) in [5.41, 5.74) is 0.0996. The topological polar surface area (TPSA) is 97.3 Å². The predicted molar refractivity (Wildman–Crippen MR) is 170 cm³/mol. The normalized spacial score (nSPS) is 19.1. The minimum Gasteiger partial charge on any atom is -0.445 e. The summed E-state index contributed by atoms with van der Waals surface area (Å²) in [5, 5.41) is 16.2. The molecule has 0 aliphatic carbocycles. The van der Waals surface area contributed by atoms with Crippen LogP contribution in [0.1, 0.15) is 47.1 Å². The smallest absolute Gasteiger partial charge is 0.410 e. The number of aliphatic hydroxyl groups excluding tert-OH is 1. The lowest BCUT2D eigenvalue weighted by Crippen LogP contribution is -2.67. The fourth-order valence-corrected chi connectivity index (χ4v) is 10.2. The molecule has 1 aliphatic rings. The Morgan fingerprint density at radius 1 is 0.860 bits per heavy atom. The van der Waals surface area contributed by atoms with E-state index in [1.54, 1.807) is 20.8 Å². The molecule has 4 rings (SSSR count). The van der Waals surface area contributed by atoms with Gasteiger partial charge in [-0.15, -0.1) is 0 Å². The molecule has 8 nitrogen and oxygen atoms in total. The summed E-state index contributed by atoms with van der Waals surface area (Å²) in [7, 11) is -2.96. The third kappa shape index (κ3) is 7.65. The van der Waals surface area contributed by atoms with Crippen molar-refractivity contribution < 1.29 is 28.6 Å². The number of amides is 2. The number of alkyl carbamates (subject to hydrolysis) is 1. The monoisotopic (exact) mass is 604 g/mol. The van der Waals surface area contributed by atoms with Gasteiger partial charge in [-0.1, -0.05) is 112 Å². The van der Waals surface area contributed by atoms with Gasteiger partial charge in [0.2, 0.25) is 0 Å². The molecule has 2 amide bonds. The zero-order chi connectivity index (χ0) is 31.3. The number of ether oxygens (including phenoxy) is 2. The van der Waals surface area contributed by atoms with E-state index in [1.165, 1.54) is 4.90 Å². The van der Waals surface area contributed by atoms with E-state index in [-0.39, 0.29) is 24.8 Å². The summed E-state index contributed by atoms with van der Waals surface area (Å²) in [6.07, 6.45) is -2.37. The number of rotatable bonds is 8. The predicted octanol–water partition coefficient (Wildman–Crippen LogP) is 4.84. The molecular formula is C34H44N2O6Si. The zero-order valence-electron chi connectivity index (χ0n) is 25.9. The average Bonchev–Trinajstić information content (AvgIpc) is 3.27. The number of aliphatic hydroxyl groups is 1. The number of benzene rings is 3. The van der Waals surface area contributed by atoms with Gasteiger partial charge in [0, 0.05) is 6.54 Å². The molecule has 3 unspecified atom stereocenters. The van der Waals surface area contributed by atoms with Crippen molar-refractivity contribution in [3.05, 3.63) is 96.6 Å². The first-order valence-electron chi connectivity index (χ1n) is 14.7. The molecule has 9 heteroatoms. The lowest BCUT2D eigenvalue weighted by Gasteiger charge is -2.44. The molecular weight excluding hydrogens is 560 g/mol. The van der Waals surface area contributed by atoms with Crippen LogP contribution in [0.4, 0.5) is 9.59 Å². The lowest BCUT2D eigenvalue weighted by atomic mass is 10.1. The summed E-state index contributed by atoms with van der Waals surface area (Å²) in [5.74, 6) is 0. The third-order valence-corrected chi connectivity index (χ3v) is 12.6. The standard InChI is InChI=1S/C34H44N2O6Si/c1-33(2,3)42-32(39)36-22-28(35-31(38)40-23-25-16-10-7-11-17-25)30(37)29(36)24-41-43(34(4,5)6,26-18-12-8-13-19-26)27-20-14-9-15-21-27/h7-21,28-30,37H,22-24H2,1-6H3,(H,35,38). The van der Waals surface area contributed by atoms with Crippen molar-refractivity contribution in [1.82, 2.24) is 10.2 Å². The number of nitrogens with one attached hydrogen (secondary N) is 1. The molecule has 3 aromatic carbocycles. The van der Waals surface area contributed by atoms with Gasteiger partial charge in [-0.3, -0.25) is 4.90 Å². The van der Waals surface area contributed by atoms with Crippen LogP contribution in [0.3, 0.4) is 0 Å². The molecule has 0 aromatic heterocycles. The Hall–Kier alpha value is -3.66. The van der Waals surface area contributed by atoms with E-state index in [0.29, 0.717) is 0 Å². The van der Waals surface area contributed by atoms with E-state index in [1.807, 2.05) is 66.7 Å². The van der Waals surface area contributed by atoms with Crippen molar-refractivity contribution in [2.45, 2.75) is 77.0 Å². The molecule has 0 spiro atoms. The number of likely N-dealkylation sites (tertiary alicyclic amines) is 1. The van der Waals surface area contributed by atoms with E-state index >= 15 is 0 Å². The second-order valence-corrected chi connectivity index (χ2v) is 17.3. The molecule has 230 valence electrons. The van der Waals surface area contributed by atoms with Crippen LogP contribution in [-0.4, -0.2) is 67.5 Å². The molecule has 1 aliphatic heterocycles. The Morgan fingerprint density at radius 3 is 1.86 bits per heavy atom. The van der Waals surface area contributed by atoms with Crippen LogP contribution in [0.15, 0.2) is 91.0 Å². The van der Waals surface area contributed by atoms with Crippen molar-refractivity contribution >= 4 is 30.9 Å². The Bertz CT molecular complexity index is 1300. The van der Waals surface area contributed by atoms with Gasteiger partial charge in [0.15, 0.2) is 0 Å². The van der Waals surface area contributed by atoms with Crippen molar-refractivity contribution in [3.8, 4) is 0 Å². The van der Waals surface area contributed by atoms with Crippen LogP contribution < -0.4 is 15.7 Å². The van der Waals surface area contributed by atoms with Gasteiger partial charge < -0.3 is 24.3 Å². The molecule has 0 bridgehead atoms. The van der Waals surface area contributed by atoms with Crippen molar-refractivity contribution in [2.75, 3.05) is 13.2 Å². The first-order valence-corrected chi connectivity index (χ1v) is 16.6. The summed E-state index contributed by atoms with van der Waals surface area (Å²) in [4.78, 5) is 27.6. The number of nitrogens with zero attached hydrogens (tertiary/aromatic N) is 1. The Labute approximate surface area is 256 Å². The minimum absolute atomic E-state index is 0.0466. The quantitative estimate of drug-likeness (QED) is 0.358. The number of carbonyl (C=O) groups excluding carboxylic acids is 2. The summed E-state index contributed by atoms with van der Waals surface area (Å²) in [6, 6.07) is 28.2. The van der Waals surface area contributed by atoms with Gasteiger partial charge in [0.05, 0.1) is 24.8 Å². The largest absolute Gasteiger partial charge is 0.445 e. The van der Waals surface area contributed by atoms with E-state index in [4.69, 9.17) is 13.9 Å². The highest BCUT2D eigenvalue weighted by atomic mass is 28.4. The zero-order valence-corrected chi connectivity index (χ0v) is 26.9. The average molecular weight is 605 g/mol. The number of carbonyl (C=O) groups is 2. The first-order chi connectivity index (χ1) is 20.3. The Kier molecular flexibility index (Phi) is 9.99. The maximum atomic E-state index is 13.4. The van der Waals surface area contributed by atoms with Gasteiger partial charge in [-0.25, -0.2) is 9.59 Å². The molecule has 3 aromatic rings. The maximum Gasteiger partial charge on any atom is 0.410 e. The number of hydrogen-bond donors (Lipinski definition) is 2. The molecule has 3 atom stereocenters. The van der Waals surface area contributed by atoms with Gasteiger partial charge >= 0.3 is 12.2 Å². The van der Waals surface area contributed by atoms with Gasteiger partial charge in [-0.05, 0) is 41.7 Å². The highest BCUT2D eigenvalue weighted by Crippen LogP contribution is 2.37. The van der Waals surface area contributed by atoms with E-state index in [2.05, 4.69) is 50.4 Å². The summed E-state index contributed by atoms with van der Waals surface area (Å²) >= 11 is 0. The molecule has 1 fully saturated rings. The highest BCUT2D eigenvalue weighted by Gasteiger charge is 2.53. The van der Waals surface area contributed by atoms with Gasteiger partial charge in [0.1, 0.15) is 12.2 Å². The molecule has 1 saturated heterocycles. The Morgan fingerprint density at radius 2 is 1.37 bits per heavy atom. The summed E-state index contributed by atoms with van der Waals surface area (Å²) in [6.45, 7) is 12.1. The van der Waals surface area contributed by atoms with Crippen LogP contribution in [0.2, 0.25) is 5.04 Å². The Balaban J connectivity index is 1.62. The van der Waals surface area contributed by atoms with Gasteiger partial charge in [0.25, 0.3) is 8.32 Å². The van der Waals surface area contributed by atoms with Crippen LogP contribution in [0, 0.1) is 0 Å². The summed E-state index contributed by atoms with van der Waals surface area (Å²) < 4.78 is 18.2. The third-order valence-electron chi connectivity index (χ3n) is 7.63. The van der Waals surface area contributed by atoms with Crippen LogP contribution in [0.5, 0.6) is 0 Å². The van der Waals surface area contributed by atoms with Crippen LogP contribution >= 0.6 is 0 Å². The minimum atomic E-state index is -2.96. The second kappa shape index (κ2) is 13.3. The number of hydrogen-bond acceptors (Lipinski definition) is 6. The maximum absolute atomic E-state index is 13.4. The SMILES string of the molecule is CC(C)(C)OC(=O)N1CC(NC(=O)OCc2ccccc2)C(O)C1CO[Si](c1ccccc1)(c1ccccc1)C(C)(C)C. The van der Waals surface area contributed by atoms with E-state index < -0.39 is 44.3 Å². The van der Waals surface area contributed by atoms with Crippen molar-refractivity contribution in [2.24, 2.45) is 0 Å². The molecule has 0 radical (unpaired) electrons.